The van der Waals surface area contributed by atoms with Crippen molar-refractivity contribution >= 4 is 50.0 Å². The number of amides is 1. The zero-order valence-corrected chi connectivity index (χ0v) is 18.3. The maximum absolute atomic E-state index is 13.1. The normalized spacial score (nSPS) is 16.7. The minimum absolute atomic E-state index is 0.153. The standard InChI is InChI=1S/C20H19N3O3S3/c1-13-9-10-18(28-13)17-12-16(21-23(17)20(24)19-8-5-11-27-19)14-6-3-4-7-15(14)22-29(2,25)26/h3-11,17,22H,12H2,1-2H3/t17-/m0/s1. The van der Waals surface area contributed by atoms with Gasteiger partial charge in [-0.05, 0) is 36.6 Å². The summed E-state index contributed by atoms with van der Waals surface area (Å²) in [5.41, 5.74) is 1.82. The van der Waals surface area contributed by atoms with Gasteiger partial charge >= 0.3 is 0 Å². The van der Waals surface area contributed by atoms with Crippen molar-refractivity contribution in [3.63, 3.8) is 0 Å². The molecule has 3 heterocycles. The van der Waals surface area contributed by atoms with Crippen LogP contribution < -0.4 is 4.72 Å². The molecule has 6 nitrogen and oxygen atoms in total. The summed E-state index contributed by atoms with van der Waals surface area (Å²) in [5.74, 6) is -0.153. The number of para-hydroxylation sites is 1. The van der Waals surface area contributed by atoms with E-state index in [1.807, 2.05) is 42.6 Å². The highest BCUT2D eigenvalue weighted by molar-refractivity contribution is 7.92. The summed E-state index contributed by atoms with van der Waals surface area (Å²) in [5, 5.41) is 8.05. The fourth-order valence-corrected chi connectivity index (χ4v) is 5.45. The summed E-state index contributed by atoms with van der Waals surface area (Å²) < 4.78 is 26.1. The number of thiophene rings is 2. The van der Waals surface area contributed by atoms with Crippen molar-refractivity contribution in [1.82, 2.24) is 5.01 Å². The minimum atomic E-state index is -3.44. The molecule has 1 N–H and O–H groups in total. The number of hydrazone groups is 1. The van der Waals surface area contributed by atoms with Crippen molar-refractivity contribution in [3.8, 4) is 0 Å². The number of sulfonamides is 1. The number of carbonyl (C=O) groups is 1. The van der Waals surface area contributed by atoms with Crippen LogP contribution in [0.2, 0.25) is 0 Å². The average molecular weight is 446 g/mol. The summed E-state index contributed by atoms with van der Waals surface area (Å²) >= 11 is 3.02. The fourth-order valence-electron chi connectivity index (χ4n) is 3.25. The third-order valence-corrected chi connectivity index (χ3v) is 7.02. The van der Waals surface area contributed by atoms with Gasteiger partial charge in [-0.1, -0.05) is 24.3 Å². The van der Waals surface area contributed by atoms with Crippen LogP contribution in [0, 0.1) is 6.92 Å². The van der Waals surface area contributed by atoms with Gasteiger partial charge in [0.25, 0.3) is 5.91 Å². The number of benzene rings is 1. The lowest BCUT2D eigenvalue weighted by atomic mass is 10.0. The van der Waals surface area contributed by atoms with Gasteiger partial charge in [0.05, 0.1) is 28.6 Å². The number of nitrogens with one attached hydrogen (secondary N) is 1. The maximum Gasteiger partial charge on any atom is 0.284 e. The number of carbonyl (C=O) groups excluding carboxylic acids is 1. The molecule has 9 heteroatoms. The third-order valence-electron chi connectivity index (χ3n) is 4.47. The first kappa shape index (κ1) is 19.8. The van der Waals surface area contributed by atoms with Gasteiger partial charge in [-0.25, -0.2) is 13.4 Å². The molecular formula is C20H19N3O3S3. The van der Waals surface area contributed by atoms with Crippen LogP contribution >= 0.6 is 22.7 Å². The van der Waals surface area contributed by atoms with Gasteiger partial charge in [0.15, 0.2) is 0 Å². The second-order valence-corrected chi connectivity index (χ2v) is 10.8. The molecule has 0 saturated heterocycles. The van der Waals surface area contributed by atoms with E-state index in [0.717, 1.165) is 16.0 Å². The van der Waals surface area contributed by atoms with E-state index >= 15 is 0 Å². The van der Waals surface area contributed by atoms with Crippen LogP contribution in [-0.4, -0.2) is 31.3 Å². The Morgan fingerprint density at radius 2 is 1.97 bits per heavy atom. The molecule has 1 aliphatic heterocycles. The molecule has 3 aromatic rings. The number of hydrogen-bond donors (Lipinski definition) is 1. The number of aryl methyl sites for hydroxylation is 1. The number of nitrogens with zero attached hydrogens (tertiary/aromatic N) is 2. The summed E-state index contributed by atoms with van der Waals surface area (Å²) in [4.78, 5) is 16.0. The van der Waals surface area contributed by atoms with Crippen LogP contribution in [0.4, 0.5) is 5.69 Å². The van der Waals surface area contributed by atoms with Gasteiger partial charge in [-0.2, -0.15) is 5.10 Å². The highest BCUT2D eigenvalue weighted by Gasteiger charge is 2.35. The molecule has 1 aliphatic rings. The summed E-state index contributed by atoms with van der Waals surface area (Å²) in [6, 6.07) is 14.6. The smallest absolute Gasteiger partial charge is 0.283 e. The largest absolute Gasteiger partial charge is 0.284 e. The van der Waals surface area contributed by atoms with Crippen LogP contribution in [0.15, 0.2) is 59.0 Å². The van der Waals surface area contributed by atoms with E-state index in [1.54, 1.807) is 29.5 Å². The molecule has 150 valence electrons. The van der Waals surface area contributed by atoms with Crippen molar-refractivity contribution in [2.24, 2.45) is 5.10 Å². The van der Waals surface area contributed by atoms with E-state index in [2.05, 4.69) is 9.82 Å². The van der Waals surface area contributed by atoms with E-state index in [-0.39, 0.29) is 11.9 Å². The zero-order chi connectivity index (χ0) is 20.6. The molecule has 0 saturated carbocycles. The first-order chi connectivity index (χ1) is 13.8. The molecule has 0 aliphatic carbocycles. The number of anilines is 1. The molecule has 0 radical (unpaired) electrons. The van der Waals surface area contributed by atoms with Crippen LogP contribution in [0.3, 0.4) is 0 Å². The van der Waals surface area contributed by atoms with Gasteiger partial charge in [0, 0.05) is 21.7 Å². The van der Waals surface area contributed by atoms with E-state index < -0.39 is 10.0 Å². The molecule has 1 atom stereocenters. The molecule has 1 amide bonds. The second-order valence-electron chi connectivity index (χ2n) is 6.76. The van der Waals surface area contributed by atoms with Crippen molar-refractivity contribution in [3.05, 3.63) is 74.1 Å². The quantitative estimate of drug-likeness (QED) is 0.629. The first-order valence-electron chi connectivity index (χ1n) is 8.90. The van der Waals surface area contributed by atoms with Gasteiger partial charge in [0.1, 0.15) is 0 Å². The van der Waals surface area contributed by atoms with Crippen molar-refractivity contribution in [1.29, 1.82) is 0 Å². The van der Waals surface area contributed by atoms with Crippen molar-refractivity contribution in [2.75, 3.05) is 11.0 Å². The van der Waals surface area contributed by atoms with Crippen molar-refractivity contribution < 1.29 is 13.2 Å². The topological polar surface area (TPSA) is 78.8 Å². The Morgan fingerprint density at radius 3 is 2.62 bits per heavy atom. The average Bonchev–Trinajstić information content (AvgIpc) is 3.40. The van der Waals surface area contributed by atoms with E-state index in [9.17, 15) is 13.2 Å². The monoisotopic (exact) mass is 445 g/mol. The number of rotatable bonds is 5. The molecule has 0 unspecified atom stereocenters. The lowest BCUT2D eigenvalue weighted by molar-refractivity contribution is 0.0719. The predicted octanol–water partition coefficient (Wildman–Crippen LogP) is 4.48. The zero-order valence-electron chi connectivity index (χ0n) is 15.8. The van der Waals surface area contributed by atoms with Gasteiger partial charge < -0.3 is 0 Å². The highest BCUT2D eigenvalue weighted by atomic mass is 32.2. The minimum Gasteiger partial charge on any atom is -0.283 e. The van der Waals surface area contributed by atoms with Crippen LogP contribution in [-0.2, 0) is 10.0 Å². The Kier molecular flexibility index (Phi) is 5.28. The fraction of sp³-hybridized carbons (Fsp3) is 0.200. The SMILES string of the molecule is Cc1ccc([C@@H]2CC(c3ccccc3NS(C)(=O)=O)=NN2C(=O)c2cccs2)s1. The molecule has 1 aromatic carbocycles. The lowest BCUT2D eigenvalue weighted by Gasteiger charge is -2.19. The van der Waals surface area contributed by atoms with E-state index in [0.29, 0.717) is 28.3 Å². The Labute approximate surface area is 177 Å². The summed E-state index contributed by atoms with van der Waals surface area (Å²) in [6.07, 6.45) is 1.63. The molecule has 4 rings (SSSR count). The Hall–Kier alpha value is -2.49. The van der Waals surface area contributed by atoms with Gasteiger partial charge in [0.2, 0.25) is 10.0 Å². The first-order valence-corrected chi connectivity index (χ1v) is 12.5. The second kappa shape index (κ2) is 7.74. The molecule has 2 aromatic heterocycles. The number of hydrogen-bond acceptors (Lipinski definition) is 6. The van der Waals surface area contributed by atoms with Crippen LogP contribution in [0.25, 0.3) is 0 Å². The third kappa shape index (κ3) is 4.26. The molecule has 29 heavy (non-hydrogen) atoms. The van der Waals surface area contributed by atoms with Crippen LogP contribution in [0.5, 0.6) is 0 Å². The highest BCUT2D eigenvalue weighted by Crippen LogP contribution is 2.38. The summed E-state index contributed by atoms with van der Waals surface area (Å²) in [7, 11) is -3.44. The van der Waals surface area contributed by atoms with Crippen molar-refractivity contribution in [2.45, 2.75) is 19.4 Å². The Balaban J connectivity index is 1.75. The van der Waals surface area contributed by atoms with E-state index in [1.165, 1.54) is 16.3 Å². The maximum atomic E-state index is 13.1. The van der Waals surface area contributed by atoms with Gasteiger partial charge in [-0.15, -0.1) is 22.7 Å². The molecule has 0 fully saturated rings. The lowest BCUT2D eigenvalue weighted by Crippen LogP contribution is -2.25. The molecule has 0 bridgehead atoms. The van der Waals surface area contributed by atoms with Gasteiger partial charge in [-0.3, -0.25) is 9.52 Å². The Morgan fingerprint density at radius 1 is 1.17 bits per heavy atom. The summed E-state index contributed by atoms with van der Waals surface area (Å²) in [6.45, 7) is 2.03. The molecule has 0 spiro atoms. The van der Waals surface area contributed by atoms with Crippen LogP contribution in [0.1, 0.15) is 37.5 Å². The predicted molar refractivity (Wildman–Crippen MR) is 118 cm³/mol. The molecular weight excluding hydrogens is 426 g/mol. The Bertz CT molecular complexity index is 1180. The van der Waals surface area contributed by atoms with E-state index in [4.69, 9.17) is 0 Å².